The van der Waals surface area contributed by atoms with Gasteiger partial charge in [0, 0.05) is 18.1 Å². The maximum Gasteiger partial charge on any atom is 0.261 e. The average molecular weight is 321 g/mol. The second kappa shape index (κ2) is 5.40. The topological polar surface area (TPSA) is 63.2 Å². The van der Waals surface area contributed by atoms with Crippen LogP contribution in [0.4, 0.5) is 0 Å². The minimum atomic E-state index is -0.00138. The van der Waals surface area contributed by atoms with Gasteiger partial charge in [-0.05, 0) is 31.4 Å². The van der Waals surface area contributed by atoms with Crippen LogP contribution in [0.2, 0.25) is 0 Å². The Morgan fingerprint density at radius 1 is 1.38 bits per heavy atom. The number of nitrogens with zero attached hydrogens (tertiary/aromatic N) is 1. The molecule has 2 aliphatic rings. The maximum atomic E-state index is 12.3. The number of thiazole rings is 1. The van der Waals surface area contributed by atoms with Crippen molar-refractivity contribution in [3.63, 3.8) is 0 Å². The van der Waals surface area contributed by atoms with Gasteiger partial charge in [-0.2, -0.15) is 0 Å². The first-order valence-corrected chi connectivity index (χ1v) is 8.70. The summed E-state index contributed by atoms with van der Waals surface area (Å²) in [6, 6.07) is 4.96. The van der Waals surface area contributed by atoms with Crippen LogP contribution in [0.15, 0.2) is 23.8 Å². The monoisotopic (exact) mass is 321 g/mol. The Labute approximate surface area is 130 Å². The Morgan fingerprint density at radius 2 is 2.33 bits per heavy atom. The smallest absolute Gasteiger partial charge is 0.261 e. The summed E-state index contributed by atoms with van der Waals surface area (Å²) in [6.45, 7) is 0. The van der Waals surface area contributed by atoms with Crippen molar-refractivity contribution in [1.29, 1.82) is 0 Å². The van der Waals surface area contributed by atoms with Gasteiger partial charge in [0.05, 0.1) is 16.6 Å². The van der Waals surface area contributed by atoms with E-state index in [-0.39, 0.29) is 11.9 Å². The number of hydrogen-bond acceptors (Lipinski definition) is 6. The number of carbonyl (C=O) groups excluding carboxylic acids is 1. The lowest BCUT2D eigenvalue weighted by Crippen LogP contribution is -2.42. The summed E-state index contributed by atoms with van der Waals surface area (Å²) in [6.07, 6.45) is 5.12. The van der Waals surface area contributed by atoms with E-state index in [9.17, 15) is 4.79 Å². The highest BCUT2D eigenvalue weighted by atomic mass is 32.1. The van der Waals surface area contributed by atoms with Crippen molar-refractivity contribution in [3.05, 3.63) is 28.7 Å². The fourth-order valence-electron chi connectivity index (χ4n) is 3.07. The number of aromatic nitrogens is 1. The number of amides is 1. The molecule has 1 amide bonds. The maximum absolute atomic E-state index is 12.3. The van der Waals surface area contributed by atoms with Crippen LogP contribution >= 0.6 is 22.7 Å². The summed E-state index contributed by atoms with van der Waals surface area (Å²) >= 11 is 2.80. The lowest BCUT2D eigenvalue weighted by Gasteiger charge is -2.20. The van der Waals surface area contributed by atoms with Gasteiger partial charge in [-0.25, -0.2) is 4.98 Å². The molecule has 4 rings (SSSR count). The molecule has 7 heteroatoms. The SMILES string of the molecule is O=C(NC1CC2CCC1N2)c1ccc(Oc2cncs2)s1. The van der Waals surface area contributed by atoms with Crippen molar-refractivity contribution in [2.24, 2.45) is 0 Å². The zero-order chi connectivity index (χ0) is 14.2. The molecule has 2 bridgehead atoms. The molecular weight excluding hydrogens is 306 g/mol. The second-order valence-electron chi connectivity index (χ2n) is 5.40. The molecule has 2 N–H and O–H groups in total. The number of fused-ring (bicyclic) bond motifs is 2. The average Bonchev–Trinajstić information content (AvgIpc) is 3.24. The number of nitrogens with one attached hydrogen (secondary N) is 2. The first-order valence-electron chi connectivity index (χ1n) is 7.01. The number of rotatable bonds is 4. The van der Waals surface area contributed by atoms with Crippen LogP contribution in [0.25, 0.3) is 0 Å². The number of hydrogen-bond donors (Lipinski definition) is 2. The standard InChI is InChI=1S/C14H15N3O2S2/c18-14(17-10-5-8-1-2-9(10)16-8)11-3-4-12(21-11)19-13-6-15-7-20-13/h3-4,6-10,16H,1-2,5H2,(H,17,18). The Bertz CT molecular complexity index is 640. The first-order chi connectivity index (χ1) is 10.3. The van der Waals surface area contributed by atoms with Gasteiger partial charge in [0.25, 0.3) is 5.91 Å². The van der Waals surface area contributed by atoms with Crippen molar-refractivity contribution < 1.29 is 9.53 Å². The van der Waals surface area contributed by atoms with E-state index < -0.39 is 0 Å². The third kappa shape index (κ3) is 2.68. The van der Waals surface area contributed by atoms with Gasteiger partial charge in [-0.3, -0.25) is 4.79 Å². The van der Waals surface area contributed by atoms with Crippen LogP contribution in [0.3, 0.4) is 0 Å². The fourth-order valence-corrected chi connectivity index (χ4v) is 4.38. The molecule has 2 aliphatic heterocycles. The first kappa shape index (κ1) is 13.2. The van der Waals surface area contributed by atoms with Crippen LogP contribution in [0.1, 0.15) is 28.9 Å². The molecule has 110 valence electrons. The molecule has 21 heavy (non-hydrogen) atoms. The molecule has 2 fully saturated rings. The van der Waals surface area contributed by atoms with E-state index in [1.807, 2.05) is 12.1 Å². The molecule has 3 atom stereocenters. The molecule has 2 aromatic heterocycles. The van der Waals surface area contributed by atoms with Crippen molar-refractivity contribution in [3.8, 4) is 10.1 Å². The molecule has 5 nitrogen and oxygen atoms in total. The minimum absolute atomic E-state index is 0.00138. The summed E-state index contributed by atoms with van der Waals surface area (Å²) in [7, 11) is 0. The van der Waals surface area contributed by atoms with Crippen molar-refractivity contribution in [2.45, 2.75) is 37.4 Å². The Kier molecular flexibility index (Phi) is 3.40. The van der Waals surface area contributed by atoms with Crippen LogP contribution in [0.5, 0.6) is 10.1 Å². The molecule has 2 aromatic rings. The normalized spacial score (nSPS) is 27.0. The van der Waals surface area contributed by atoms with E-state index in [0.717, 1.165) is 16.5 Å². The third-order valence-electron chi connectivity index (χ3n) is 4.03. The lowest BCUT2D eigenvalue weighted by molar-refractivity contribution is 0.0935. The highest BCUT2D eigenvalue weighted by Gasteiger charge is 2.39. The van der Waals surface area contributed by atoms with E-state index in [1.54, 1.807) is 11.7 Å². The number of ether oxygens (including phenoxy) is 1. The predicted molar refractivity (Wildman–Crippen MR) is 82.3 cm³/mol. The van der Waals surface area contributed by atoms with Crippen LogP contribution in [-0.2, 0) is 0 Å². The highest BCUT2D eigenvalue weighted by Crippen LogP contribution is 2.32. The van der Waals surface area contributed by atoms with E-state index in [1.165, 1.54) is 35.5 Å². The van der Waals surface area contributed by atoms with Gasteiger partial charge in [0.2, 0.25) is 5.06 Å². The van der Waals surface area contributed by atoms with Crippen LogP contribution < -0.4 is 15.4 Å². The Morgan fingerprint density at radius 3 is 3.05 bits per heavy atom. The molecule has 0 spiro atoms. The third-order valence-corrected chi connectivity index (χ3v) is 5.64. The molecule has 0 aliphatic carbocycles. The van der Waals surface area contributed by atoms with E-state index in [4.69, 9.17) is 4.74 Å². The Balaban J connectivity index is 1.39. The van der Waals surface area contributed by atoms with E-state index in [2.05, 4.69) is 15.6 Å². The summed E-state index contributed by atoms with van der Waals surface area (Å²) in [4.78, 5) is 17.0. The van der Waals surface area contributed by atoms with E-state index in [0.29, 0.717) is 17.0 Å². The van der Waals surface area contributed by atoms with E-state index >= 15 is 0 Å². The van der Waals surface area contributed by atoms with Gasteiger partial charge < -0.3 is 15.4 Å². The zero-order valence-electron chi connectivity index (χ0n) is 11.2. The summed E-state index contributed by atoms with van der Waals surface area (Å²) in [5.41, 5.74) is 1.72. The lowest BCUT2D eigenvalue weighted by atomic mass is 9.95. The van der Waals surface area contributed by atoms with Gasteiger partial charge in [-0.15, -0.1) is 0 Å². The van der Waals surface area contributed by atoms with Gasteiger partial charge >= 0.3 is 0 Å². The molecule has 4 heterocycles. The molecule has 0 radical (unpaired) electrons. The molecule has 2 saturated heterocycles. The number of thiophene rings is 1. The quantitative estimate of drug-likeness (QED) is 0.909. The predicted octanol–water partition coefficient (Wildman–Crippen LogP) is 2.62. The minimum Gasteiger partial charge on any atom is -0.434 e. The molecule has 0 aromatic carbocycles. The van der Waals surface area contributed by atoms with Crippen LogP contribution in [0, 0.1) is 0 Å². The van der Waals surface area contributed by atoms with Crippen molar-refractivity contribution in [2.75, 3.05) is 0 Å². The summed E-state index contributed by atoms with van der Waals surface area (Å²) in [5.74, 6) is -0.00138. The van der Waals surface area contributed by atoms with Gasteiger partial charge in [-0.1, -0.05) is 22.7 Å². The van der Waals surface area contributed by atoms with Crippen LogP contribution in [-0.4, -0.2) is 29.0 Å². The van der Waals surface area contributed by atoms with Crippen molar-refractivity contribution in [1.82, 2.24) is 15.6 Å². The second-order valence-corrected chi connectivity index (χ2v) is 7.30. The molecule has 0 saturated carbocycles. The summed E-state index contributed by atoms with van der Waals surface area (Å²) in [5, 5.41) is 8.13. The van der Waals surface area contributed by atoms with Gasteiger partial charge in [0.1, 0.15) is 0 Å². The van der Waals surface area contributed by atoms with Crippen molar-refractivity contribution >= 4 is 28.6 Å². The number of carbonyl (C=O) groups is 1. The van der Waals surface area contributed by atoms with Gasteiger partial charge in [0.15, 0.2) is 5.06 Å². The Hall–Kier alpha value is -1.44. The zero-order valence-corrected chi connectivity index (χ0v) is 12.9. The fraction of sp³-hybridized carbons (Fsp3) is 0.429. The molecular formula is C14H15N3O2S2. The largest absolute Gasteiger partial charge is 0.434 e. The highest BCUT2D eigenvalue weighted by molar-refractivity contribution is 7.16. The molecule has 3 unspecified atom stereocenters. The summed E-state index contributed by atoms with van der Waals surface area (Å²) < 4.78 is 5.65.